The molecule has 0 saturated heterocycles. The van der Waals surface area contributed by atoms with Crippen LogP contribution in [0.25, 0.3) is 21.5 Å². The smallest absolute Gasteiger partial charge is 0.505 e. The van der Waals surface area contributed by atoms with Crippen LogP contribution < -0.4 is 29.3 Å². The summed E-state index contributed by atoms with van der Waals surface area (Å²) in [7, 11) is -13.3. The molecule has 0 atom stereocenters. The number of nitrogens with zero attached hydrogens (tertiary/aromatic N) is 5. The van der Waals surface area contributed by atoms with Gasteiger partial charge in [0.15, 0.2) is 5.75 Å². The van der Waals surface area contributed by atoms with Crippen LogP contribution in [0.15, 0.2) is 102 Å². The van der Waals surface area contributed by atoms with Crippen LogP contribution in [-0.4, -0.2) is 111 Å². The molecule has 306 valence electrons. The number of nitrogen functional groups attached to an aromatic ring is 1. The quantitative estimate of drug-likeness (QED) is 0.0339. The molecule has 0 aliphatic carbocycles. The van der Waals surface area contributed by atoms with E-state index in [0.717, 1.165) is 24.3 Å². The molecule has 9 N–H and O–H groups in total. The number of azo groups is 2. The number of anilines is 1. The van der Waals surface area contributed by atoms with Crippen molar-refractivity contribution in [1.29, 1.82) is 0 Å². The molecule has 5 aromatic carbocycles. The van der Waals surface area contributed by atoms with Crippen LogP contribution in [0.1, 0.15) is 5.56 Å². The van der Waals surface area contributed by atoms with Crippen LogP contribution in [-0.2, 0) is 30.4 Å². The Morgan fingerprint density at radius 3 is 1.79 bits per heavy atom. The van der Waals surface area contributed by atoms with Gasteiger partial charge in [-0.3, -0.25) is 18.6 Å². The topological polar surface area (TPSA) is 332 Å². The maximum Gasteiger partial charge on any atom is 1.00 e. The van der Waals surface area contributed by atoms with Crippen LogP contribution >= 0.6 is 0 Å². The third kappa shape index (κ3) is 11.7. The molecule has 5 aromatic rings. The fourth-order valence-electron chi connectivity index (χ4n) is 5.46. The Kier molecular flexibility index (Phi) is 16.4. The number of benzene rings is 5. The number of aliphatic hydroxyl groups is 3. The van der Waals surface area contributed by atoms with Gasteiger partial charge in [-0.15, -0.1) is 10.2 Å². The Balaban J connectivity index is 0.000000724. The SMILES string of the molecule is COc1cc(N=Nc2cc(S(=O)(=O)O)c3cccc(S(=O)(=O)O)c3c2)c(C)cc1N=Nc1c(S(=O)(=O)O)cc2cc(N)ccc2c1O.OCCN(CCO)CCO.[Li+]. The van der Waals surface area contributed by atoms with Gasteiger partial charge < -0.3 is 30.9 Å². The van der Waals surface area contributed by atoms with Crippen molar-refractivity contribution in [2.45, 2.75) is 21.6 Å². The van der Waals surface area contributed by atoms with E-state index in [4.69, 9.17) is 25.8 Å². The summed E-state index contributed by atoms with van der Waals surface area (Å²) >= 11 is 0. The number of aliphatic hydroxyl groups excluding tert-OH is 3. The first-order chi connectivity index (χ1) is 26.7. The maximum atomic E-state index is 12.1. The first-order valence-corrected chi connectivity index (χ1v) is 20.7. The van der Waals surface area contributed by atoms with E-state index in [9.17, 15) is 44.0 Å². The molecule has 0 radical (unpaired) electrons. The maximum absolute atomic E-state index is 12.1. The van der Waals surface area contributed by atoms with Gasteiger partial charge in [-0.2, -0.15) is 35.5 Å². The van der Waals surface area contributed by atoms with Crippen molar-refractivity contribution in [3.05, 3.63) is 72.3 Å². The van der Waals surface area contributed by atoms with Crippen molar-refractivity contribution in [2.24, 2.45) is 20.5 Å². The Hall–Kier alpha value is -4.61. The Morgan fingerprint density at radius 2 is 1.24 bits per heavy atom. The summed E-state index contributed by atoms with van der Waals surface area (Å²) in [4.78, 5) is -0.234. The monoisotopic (exact) mass is 857 g/mol. The van der Waals surface area contributed by atoms with Gasteiger partial charge >= 0.3 is 18.9 Å². The zero-order chi connectivity index (χ0) is 42.3. The average molecular weight is 858 g/mol. The number of aromatic hydroxyl groups is 1. The zero-order valence-electron chi connectivity index (χ0n) is 31.1. The molecule has 58 heavy (non-hydrogen) atoms. The molecule has 0 aromatic heterocycles. The number of fused-ring (bicyclic) bond motifs is 2. The second-order valence-electron chi connectivity index (χ2n) is 12.0. The van der Waals surface area contributed by atoms with Crippen molar-refractivity contribution in [3.8, 4) is 11.5 Å². The van der Waals surface area contributed by atoms with E-state index in [-0.39, 0.29) is 88.7 Å². The molecule has 20 nitrogen and oxygen atoms in total. The van der Waals surface area contributed by atoms with Gasteiger partial charge in [-0.05, 0) is 66.4 Å². The molecule has 0 aliphatic rings. The summed E-state index contributed by atoms with van der Waals surface area (Å²) in [5.41, 5.74) is 5.88. The molecule has 0 amide bonds. The predicted octanol–water partition coefficient (Wildman–Crippen LogP) is 1.44. The summed E-state index contributed by atoms with van der Waals surface area (Å²) in [6, 6.07) is 13.8. The molecule has 0 unspecified atom stereocenters. The number of hydrogen-bond donors (Lipinski definition) is 8. The minimum atomic E-state index is -4.88. The van der Waals surface area contributed by atoms with Crippen molar-refractivity contribution in [1.82, 2.24) is 4.90 Å². The third-order valence-electron chi connectivity index (χ3n) is 8.09. The average Bonchev–Trinajstić information content (AvgIpc) is 3.12. The van der Waals surface area contributed by atoms with Crippen molar-refractivity contribution < 1.29 is 82.9 Å². The van der Waals surface area contributed by atoms with Gasteiger partial charge in [0.2, 0.25) is 0 Å². The molecule has 0 heterocycles. The van der Waals surface area contributed by atoms with E-state index >= 15 is 0 Å². The number of rotatable bonds is 14. The van der Waals surface area contributed by atoms with Crippen molar-refractivity contribution >= 4 is 80.3 Å². The fourth-order valence-corrected chi connectivity index (χ4v) is 7.54. The summed E-state index contributed by atoms with van der Waals surface area (Å²) in [6.07, 6.45) is 0. The van der Waals surface area contributed by atoms with Gasteiger partial charge in [0.05, 0.1) is 38.3 Å². The first kappa shape index (κ1) is 47.8. The number of ether oxygens (including phenoxy) is 1. The second kappa shape index (κ2) is 19.9. The molecule has 5 rings (SSSR count). The Morgan fingerprint density at radius 1 is 0.655 bits per heavy atom. The minimum absolute atomic E-state index is 0. The van der Waals surface area contributed by atoms with Crippen LogP contribution in [0.3, 0.4) is 0 Å². The van der Waals surface area contributed by atoms with E-state index in [1.807, 2.05) is 0 Å². The Bertz CT molecular complexity index is 2690. The Labute approximate surface area is 344 Å². The van der Waals surface area contributed by atoms with Crippen LogP contribution in [0.2, 0.25) is 0 Å². The normalized spacial score (nSPS) is 12.3. The summed E-state index contributed by atoms with van der Waals surface area (Å²) < 4.78 is 107. The second-order valence-corrected chi connectivity index (χ2v) is 16.2. The van der Waals surface area contributed by atoms with Crippen molar-refractivity contribution in [3.63, 3.8) is 0 Å². The van der Waals surface area contributed by atoms with E-state index in [1.165, 1.54) is 49.6 Å². The van der Waals surface area contributed by atoms with E-state index < -0.39 is 56.5 Å². The summed E-state index contributed by atoms with van der Waals surface area (Å²) in [6.45, 7) is 3.33. The van der Waals surface area contributed by atoms with E-state index in [1.54, 1.807) is 11.8 Å². The van der Waals surface area contributed by atoms with Gasteiger partial charge in [-0.25, -0.2) is 0 Å². The van der Waals surface area contributed by atoms with Gasteiger partial charge in [0, 0.05) is 47.5 Å². The molecular formula is C34H38LiN6O14S3+. The predicted molar refractivity (Wildman–Crippen MR) is 207 cm³/mol. The fraction of sp³-hybridized carbons (Fsp3) is 0.235. The molecular weight excluding hydrogens is 820 g/mol. The van der Waals surface area contributed by atoms with Crippen molar-refractivity contribution in [2.75, 3.05) is 52.3 Å². The van der Waals surface area contributed by atoms with Gasteiger partial charge in [0.1, 0.15) is 31.8 Å². The molecule has 24 heteroatoms. The molecule has 0 fully saturated rings. The van der Waals surface area contributed by atoms with Crippen LogP contribution in [0.4, 0.5) is 28.4 Å². The standard InChI is InChI=1S/C28H23N5O11S3.C6H15NO3.Li/c1-14-8-22(32-33-27-26(47(41,42)43)10-15-9-16(29)6-7-18(15)28(27)34)23(44-2)13-21(14)31-30-17-11-20-19(25(12-17)46(38,39)40)4-3-5-24(20)45(35,36)37;8-4-1-7(2-5-9)3-6-10;/h3-13,34H,29H2,1-2H3,(H,35,36,37)(H,38,39,40)(H,41,42,43);8-10H,1-6H2;/q;;+1. The number of phenols is 1. The molecule has 0 spiro atoms. The minimum Gasteiger partial charge on any atom is -0.505 e. The van der Waals surface area contributed by atoms with Crippen LogP contribution in [0, 0.1) is 6.92 Å². The number of nitrogens with two attached hydrogens (primary N) is 1. The first-order valence-electron chi connectivity index (χ1n) is 16.3. The number of hydrogen-bond acceptors (Lipinski definition) is 17. The number of methoxy groups -OCH3 is 1. The third-order valence-corrected chi connectivity index (χ3v) is 10.8. The summed E-state index contributed by atoms with van der Waals surface area (Å²) in [5.74, 6) is -0.544. The zero-order valence-corrected chi connectivity index (χ0v) is 33.6. The van der Waals surface area contributed by atoms with E-state index in [0.29, 0.717) is 25.2 Å². The molecule has 0 bridgehead atoms. The van der Waals surface area contributed by atoms with E-state index in [2.05, 4.69) is 20.5 Å². The van der Waals surface area contributed by atoms with Gasteiger partial charge in [-0.1, -0.05) is 12.1 Å². The largest absolute Gasteiger partial charge is 1.00 e. The molecule has 0 aliphatic heterocycles. The van der Waals surface area contributed by atoms with Crippen LogP contribution in [0.5, 0.6) is 11.5 Å². The molecule has 0 saturated carbocycles. The van der Waals surface area contributed by atoms with Gasteiger partial charge in [0.25, 0.3) is 30.4 Å². The number of aryl methyl sites for hydroxylation is 1. The number of phenolic OH excluding ortho intramolecular Hbond substituents is 1. The summed E-state index contributed by atoms with van der Waals surface area (Å²) in [5, 5.41) is 52.3.